The number of aromatic nitrogens is 3. The summed E-state index contributed by atoms with van der Waals surface area (Å²) in [5.41, 5.74) is 1.85. The van der Waals surface area contributed by atoms with Crippen LogP contribution < -0.4 is 15.8 Å². The molecule has 0 atom stereocenters. The third kappa shape index (κ3) is 3.89. The lowest BCUT2D eigenvalue weighted by molar-refractivity contribution is 0.531. The molecule has 6 nitrogen and oxygen atoms in total. The summed E-state index contributed by atoms with van der Waals surface area (Å²) >= 11 is 0. The van der Waals surface area contributed by atoms with Crippen molar-refractivity contribution in [1.82, 2.24) is 20.1 Å². The van der Waals surface area contributed by atoms with Crippen molar-refractivity contribution in [3.63, 3.8) is 0 Å². The fourth-order valence-electron chi connectivity index (χ4n) is 1.76. The average molecular weight is 273 g/mol. The summed E-state index contributed by atoms with van der Waals surface area (Å²) in [5, 5.41) is 7.42. The van der Waals surface area contributed by atoms with Gasteiger partial charge in [0.1, 0.15) is 0 Å². The molecule has 0 aliphatic carbocycles. The molecule has 2 heterocycles. The van der Waals surface area contributed by atoms with Crippen LogP contribution in [0.3, 0.4) is 0 Å². The van der Waals surface area contributed by atoms with Crippen LogP contribution in [-0.2, 0) is 13.1 Å². The van der Waals surface area contributed by atoms with E-state index in [2.05, 4.69) is 15.4 Å². The first-order chi connectivity index (χ1) is 9.66. The monoisotopic (exact) mass is 273 g/mol. The predicted octanol–water partition coefficient (Wildman–Crippen LogP) is 0.494. The average Bonchev–Trinajstić information content (AvgIpc) is 2.46. The van der Waals surface area contributed by atoms with E-state index < -0.39 is 0 Å². The molecule has 0 fully saturated rings. The Balaban J connectivity index is 1.84. The summed E-state index contributed by atoms with van der Waals surface area (Å²) in [6.45, 7) is 1.97. The summed E-state index contributed by atoms with van der Waals surface area (Å²) in [4.78, 5) is 17.8. The number of hydrogen-bond acceptors (Lipinski definition) is 5. The van der Waals surface area contributed by atoms with E-state index in [9.17, 15) is 4.79 Å². The van der Waals surface area contributed by atoms with Gasteiger partial charge in [-0.3, -0.25) is 9.78 Å². The second kappa shape index (κ2) is 6.81. The zero-order valence-corrected chi connectivity index (χ0v) is 11.8. The van der Waals surface area contributed by atoms with E-state index in [0.29, 0.717) is 13.1 Å². The second-order valence-corrected chi connectivity index (χ2v) is 4.71. The highest BCUT2D eigenvalue weighted by Crippen LogP contribution is 2.03. The minimum Gasteiger partial charge on any atom is -0.376 e. The molecule has 0 amide bonds. The number of pyridine rings is 1. The van der Waals surface area contributed by atoms with E-state index in [4.69, 9.17) is 0 Å². The molecule has 0 aliphatic heterocycles. The zero-order valence-electron chi connectivity index (χ0n) is 11.8. The highest BCUT2D eigenvalue weighted by Gasteiger charge is 2.01. The van der Waals surface area contributed by atoms with Gasteiger partial charge in [0.15, 0.2) is 0 Å². The van der Waals surface area contributed by atoms with E-state index in [0.717, 1.165) is 17.8 Å². The first kappa shape index (κ1) is 14.2. The molecular formula is C14H19N5O. The molecule has 0 saturated heterocycles. The molecule has 0 spiro atoms. The Kier molecular flexibility index (Phi) is 4.84. The van der Waals surface area contributed by atoms with Crippen LogP contribution in [0.25, 0.3) is 0 Å². The molecule has 2 rings (SSSR count). The van der Waals surface area contributed by atoms with Crippen molar-refractivity contribution in [1.29, 1.82) is 0 Å². The van der Waals surface area contributed by atoms with Crippen molar-refractivity contribution in [2.75, 3.05) is 25.5 Å². The lowest BCUT2D eigenvalue weighted by Crippen LogP contribution is -2.29. The van der Waals surface area contributed by atoms with E-state index in [1.54, 1.807) is 18.5 Å². The normalized spacial score (nSPS) is 10.5. The minimum atomic E-state index is -0.0839. The Labute approximate surface area is 118 Å². The summed E-state index contributed by atoms with van der Waals surface area (Å²) < 4.78 is 1.46. The van der Waals surface area contributed by atoms with Gasteiger partial charge in [0.2, 0.25) is 0 Å². The van der Waals surface area contributed by atoms with Gasteiger partial charge in [-0.15, -0.1) is 0 Å². The van der Waals surface area contributed by atoms with Crippen LogP contribution in [0.2, 0.25) is 0 Å². The van der Waals surface area contributed by atoms with Crippen LogP contribution in [0, 0.1) is 0 Å². The van der Waals surface area contributed by atoms with Crippen LogP contribution in [0.1, 0.15) is 5.56 Å². The van der Waals surface area contributed by atoms with Crippen molar-refractivity contribution < 1.29 is 0 Å². The molecule has 0 unspecified atom stereocenters. The number of nitrogens with one attached hydrogen (secondary N) is 1. The molecule has 0 saturated carbocycles. The smallest absolute Gasteiger partial charge is 0.268 e. The predicted molar refractivity (Wildman–Crippen MR) is 78.8 cm³/mol. The zero-order chi connectivity index (χ0) is 14.4. The van der Waals surface area contributed by atoms with E-state index in [-0.39, 0.29) is 5.56 Å². The number of hydrogen-bond donors (Lipinski definition) is 1. The maximum Gasteiger partial charge on any atom is 0.268 e. The number of rotatable bonds is 6. The molecule has 2 aromatic rings. The van der Waals surface area contributed by atoms with Crippen molar-refractivity contribution in [2.24, 2.45) is 0 Å². The SMILES string of the molecule is CN(C)c1cnn(CCNCc2cccnc2)c(=O)c1. The highest BCUT2D eigenvalue weighted by molar-refractivity contribution is 5.40. The van der Waals surface area contributed by atoms with Crippen LogP contribution in [0.15, 0.2) is 41.6 Å². The van der Waals surface area contributed by atoms with Crippen molar-refractivity contribution >= 4 is 5.69 Å². The van der Waals surface area contributed by atoms with Crippen LogP contribution >= 0.6 is 0 Å². The van der Waals surface area contributed by atoms with Crippen molar-refractivity contribution in [3.05, 3.63) is 52.7 Å². The Morgan fingerprint density at radius 1 is 1.35 bits per heavy atom. The fourth-order valence-corrected chi connectivity index (χ4v) is 1.76. The van der Waals surface area contributed by atoms with E-state index in [1.165, 1.54) is 4.68 Å². The molecule has 6 heteroatoms. The molecule has 0 aliphatic rings. The molecule has 20 heavy (non-hydrogen) atoms. The Hall–Kier alpha value is -2.21. The third-order valence-electron chi connectivity index (χ3n) is 2.92. The third-order valence-corrected chi connectivity index (χ3v) is 2.92. The molecule has 2 aromatic heterocycles. The number of nitrogens with zero attached hydrogens (tertiary/aromatic N) is 4. The van der Waals surface area contributed by atoms with Gasteiger partial charge in [-0.2, -0.15) is 5.10 Å². The van der Waals surface area contributed by atoms with Crippen LogP contribution in [0.5, 0.6) is 0 Å². The summed E-state index contributed by atoms with van der Waals surface area (Å²) in [5.74, 6) is 0. The highest BCUT2D eigenvalue weighted by atomic mass is 16.1. The van der Waals surface area contributed by atoms with Crippen molar-refractivity contribution in [3.8, 4) is 0 Å². The lowest BCUT2D eigenvalue weighted by atomic mass is 10.3. The quantitative estimate of drug-likeness (QED) is 0.776. The van der Waals surface area contributed by atoms with Gasteiger partial charge in [0.25, 0.3) is 5.56 Å². The molecule has 0 radical (unpaired) electrons. The van der Waals surface area contributed by atoms with Gasteiger partial charge < -0.3 is 10.2 Å². The molecule has 1 N–H and O–H groups in total. The maximum atomic E-state index is 11.8. The Morgan fingerprint density at radius 2 is 2.20 bits per heavy atom. The summed E-state index contributed by atoms with van der Waals surface area (Å²) in [6.07, 6.45) is 5.27. The van der Waals surface area contributed by atoms with Gasteiger partial charge in [-0.25, -0.2) is 4.68 Å². The van der Waals surface area contributed by atoms with Crippen LogP contribution in [0.4, 0.5) is 5.69 Å². The Bertz CT molecular complexity index is 594. The molecule has 106 valence electrons. The van der Waals surface area contributed by atoms with E-state index in [1.807, 2.05) is 37.3 Å². The maximum absolute atomic E-state index is 11.8. The standard InChI is InChI=1S/C14H19N5O/c1-18(2)13-8-14(20)19(17-11-13)7-6-16-10-12-4-3-5-15-9-12/h3-5,8-9,11,16H,6-7,10H2,1-2H3. The van der Waals surface area contributed by atoms with Gasteiger partial charge in [0.05, 0.1) is 18.4 Å². The van der Waals surface area contributed by atoms with Crippen LogP contribution in [-0.4, -0.2) is 35.4 Å². The first-order valence-electron chi connectivity index (χ1n) is 6.51. The molecule has 0 aromatic carbocycles. The van der Waals surface area contributed by atoms with Gasteiger partial charge >= 0.3 is 0 Å². The fraction of sp³-hybridized carbons (Fsp3) is 0.357. The van der Waals surface area contributed by atoms with E-state index >= 15 is 0 Å². The largest absolute Gasteiger partial charge is 0.376 e. The van der Waals surface area contributed by atoms with Crippen molar-refractivity contribution in [2.45, 2.75) is 13.1 Å². The Morgan fingerprint density at radius 3 is 2.85 bits per heavy atom. The van der Waals surface area contributed by atoms with Gasteiger partial charge in [-0.05, 0) is 11.6 Å². The van der Waals surface area contributed by atoms with Gasteiger partial charge in [-0.1, -0.05) is 6.07 Å². The van der Waals surface area contributed by atoms with Gasteiger partial charge in [0, 0.05) is 45.6 Å². The minimum absolute atomic E-state index is 0.0839. The second-order valence-electron chi connectivity index (χ2n) is 4.71. The topological polar surface area (TPSA) is 63.1 Å². The molecule has 0 bridgehead atoms. The first-order valence-corrected chi connectivity index (χ1v) is 6.51. The number of anilines is 1. The lowest BCUT2D eigenvalue weighted by Gasteiger charge is -2.12. The summed E-state index contributed by atoms with van der Waals surface area (Å²) in [6, 6.07) is 5.51. The molecular weight excluding hydrogens is 254 g/mol. The summed E-state index contributed by atoms with van der Waals surface area (Å²) in [7, 11) is 3.77.